The molecule has 2 rings (SSSR count). The summed E-state index contributed by atoms with van der Waals surface area (Å²) in [5.74, 6) is 0. The van der Waals surface area contributed by atoms with E-state index in [0.29, 0.717) is 5.69 Å². The molecule has 0 aliphatic carbocycles. The number of nitrogens with zero attached hydrogens (tertiary/aromatic N) is 2. The van der Waals surface area contributed by atoms with E-state index in [1.54, 1.807) is 0 Å². The highest BCUT2D eigenvalue weighted by Crippen LogP contribution is 2.33. The SMILES string of the molecule is CCCn1cc(N)c(-c2ccc(Cl)s2)n1. The lowest BCUT2D eigenvalue weighted by molar-refractivity contribution is 0.605. The molecule has 2 aromatic rings. The number of halogens is 1. The Labute approximate surface area is 97.5 Å². The first-order valence-electron chi connectivity index (χ1n) is 4.79. The molecule has 0 spiro atoms. The van der Waals surface area contributed by atoms with Gasteiger partial charge in [-0.05, 0) is 18.6 Å². The largest absolute Gasteiger partial charge is 0.396 e. The van der Waals surface area contributed by atoms with Crippen LogP contribution in [0.5, 0.6) is 0 Å². The summed E-state index contributed by atoms with van der Waals surface area (Å²) in [7, 11) is 0. The summed E-state index contributed by atoms with van der Waals surface area (Å²) in [5, 5.41) is 4.43. The second-order valence-electron chi connectivity index (χ2n) is 3.30. The zero-order valence-electron chi connectivity index (χ0n) is 8.40. The van der Waals surface area contributed by atoms with Gasteiger partial charge in [-0.2, -0.15) is 5.10 Å². The predicted octanol–water partition coefficient (Wildman–Crippen LogP) is 3.26. The molecular formula is C10H12ClN3S. The molecule has 2 heterocycles. The van der Waals surface area contributed by atoms with Gasteiger partial charge in [-0.1, -0.05) is 18.5 Å². The lowest BCUT2D eigenvalue weighted by atomic mass is 10.3. The van der Waals surface area contributed by atoms with Gasteiger partial charge in [0.25, 0.3) is 0 Å². The van der Waals surface area contributed by atoms with E-state index in [0.717, 1.165) is 27.9 Å². The molecule has 0 aliphatic rings. The average molecular weight is 242 g/mol. The molecule has 3 nitrogen and oxygen atoms in total. The molecule has 0 bridgehead atoms. The van der Waals surface area contributed by atoms with Crippen LogP contribution in [0, 0.1) is 0 Å². The molecule has 2 aromatic heterocycles. The summed E-state index contributed by atoms with van der Waals surface area (Å²) < 4.78 is 2.63. The molecule has 5 heteroatoms. The number of hydrogen-bond donors (Lipinski definition) is 1. The zero-order chi connectivity index (χ0) is 10.8. The quantitative estimate of drug-likeness (QED) is 0.897. The fourth-order valence-electron chi connectivity index (χ4n) is 1.41. The van der Waals surface area contributed by atoms with Crippen molar-refractivity contribution in [1.29, 1.82) is 0 Å². The smallest absolute Gasteiger partial charge is 0.125 e. The van der Waals surface area contributed by atoms with E-state index in [1.165, 1.54) is 11.3 Å². The highest BCUT2D eigenvalue weighted by molar-refractivity contribution is 7.19. The van der Waals surface area contributed by atoms with Crippen molar-refractivity contribution < 1.29 is 0 Å². The molecule has 0 unspecified atom stereocenters. The van der Waals surface area contributed by atoms with Crippen molar-refractivity contribution in [2.24, 2.45) is 0 Å². The zero-order valence-corrected chi connectivity index (χ0v) is 9.98. The minimum Gasteiger partial charge on any atom is -0.396 e. The molecule has 0 fully saturated rings. The van der Waals surface area contributed by atoms with Crippen LogP contribution in [0.4, 0.5) is 5.69 Å². The Morgan fingerprint density at radius 2 is 2.33 bits per heavy atom. The highest BCUT2D eigenvalue weighted by atomic mass is 35.5. The summed E-state index contributed by atoms with van der Waals surface area (Å²) in [6, 6.07) is 3.81. The number of aryl methyl sites for hydroxylation is 1. The van der Waals surface area contributed by atoms with Gasteiger partial charge in [-0.15, -0.1) is 11.3 Å². The Bertz CT molecular complexity index is 461. The van der Waals surface area contributed by atoms with E-state index in [1.807, 2.05) is 23.0 Å². The molecule has 0 saturated heterocycles. The highest BCUT2D eigenvalue weighted by Gasteiger charge is 2.10. The monoisotopic (exact) mass is 241 g/mol. The van der Waals surface area contributed by atoms with Crippen LogP contribution in [0.3, 0.4) is 0 Å². The number of nitrogen functional groups attached to an aromatic ring is 1. The minimum atomic E-state index is 0.710. The Balaban J connectivity index is 2.35. The molecule has 15 heavy (non-hydrogen) atoms. The summed E-state index contributed by atoms with van der Waals surface area (Å²) in [6.45, 7) is 3.00. The van der Waals surface area contributed by atoms with Crippen LogP contribution >= 0.6 is 22.9 Å². The van der Waals surface area contributed by atoms with Gasteiger partial charge in [-0.3, -0.25) is 4.68 Å². The Morgan fingerprint density at radius 1 is 1.53 bits per heavy atom. The number of rotatable bonds is 3. The molecule has 80 valence electrons. The van der Waals surface area contributed by atoms with Crippen molar-refractivity contribution in [1.82, 2.24) is 9.78 Å². The minimum absolute atomic E-state index is 0.710. The average Bonchev–Trinajstić information content (AvgIpc) is 2.73. The van der Waals surface area contributed by atoms with Crippen LogP contribution in [0.2, 0.25) is 4.34 Å². The maximum absolute atomic E-state index is 5.89. The van der Waals surface area contributed by atoms with Gasteiger partial charge in [0.2, 0.25) is 0 Å². The van der Waals surface area contributed by atoms with Crippen molar-refractivity contribution in [3.05, 3.63) is 22.7 Å². The van der Waals surface area contributed by atoms with E-state index < -0.39 is 0 Å². The van der Waals surface area contributed by atoms with Gasteiger partial charge in [0.15, 0.2) is 0 Å². The summed E-state index contributed by atoms with van der Waals surface area (Å²) >= 11 is 7.37. The molecular weight excluding hydrogens is 230 g/mol. The maximum atomic E-state index is 5.89. The third-order valence-corrected chi connectivity index (χ3v) is 3.29. The van der Waals surface area contributed by atoms with Crippen molar-refractivity contribution in [2.75, 3.05) is 5.73 Å². The van der Waals surface area contributed by atoms with Crippen LogP contribution in [0.1, 0.15) is 13.3 Å². The molecule has 0 amide bonds. The standard InChI is InChI=1S/C10H12ClN3S/c1-2-5-14-6-7(12)10(13-14)8-3-4-9(11)15-8/h3-4,6H,2,5,12H2,1H3. The molecule has 0 atom stereocenters. The fraction of sp³-hybridized carbons (Fsp3) is 0.300. The number of aromatic nitrogens is 2. The van der Waals surface area contributed by atoms with Crippen LogP contribution in [0.25, 0.3) is 10.6 Å². The lowest BCUT2D eigenvalue weighted by Crippen LogP contribution is -1.96. The summed E-state index contributed by atoms with van der Waals surface area (Å²) in [6.07, 6.45) is 2.91. The van der Waals surface area contributed by atoms with E-state index in [2.05, 4.69) is 12.0 Å². The van der Waals surface area contributed by atoms with Crippen molar-refractivity contribution in [3.63, 3.8) is 0 Å². The molecule has 0 radical (unpaired) electrons. The summed E-state index contributed by atoms with van der Waals surface area (Å²) in [4.78, 5) is 1.02. The molecule has 0 aliphatic heterocycles. The van der Waals surface area contributed by atoms with Gasteiger partial charge >= 0.3 is 0 Å². The molecule has 0 saturated carbocycles. The van der Waals surface area contributed by atoms with E-state index in [-0.39, 0.29) is 0 Å². The van der Waals surface area contributed by atoms with Gasteiger partial charge < -0.3 is 5.73 Å². The van der Waals surface area contributed by atoms with Crippen LogP contribution < -0.4 is 5.73 Å². The molecule has 2 N–H and O–H groups in total. The van der Waals surface area contributed by atoms with E-state index in [4.69, 9.17) is 17.3 Å². The fourth-order valence-corrected chi connectivity index (χ4v) is 2.46. The number of hydrogen-bond acceptors (Lipinski definition) is 3. The van der Waals surface area contributed by atoms with Gasteiger partial charge in [0, 0.05) is 12.7 Å². The second kappa shape index (κ2) is 4.24. The molecule has 0 aromatic carbocycles. The van der Waals surface area contributed by atoms with Gasteiger partial charge in [0.1, 0.15) is 5.69 Å². The topological polar surface area (TPSA) is 43.8 Å². The third-order valence-electron chi connectivity index (χ3n) is 2.05. The third kappa shape index (κ3) is 2.16. The Kier molecular flexibility index (Phi) is 2.98. The first-order valence-corrected chi connectivity index (χ1v) is 5.98. The number of nitrogens with two attached hydrogens (primary N) is 1. The van der Waals surface area contributed by atoms with Crippen molar-refractivity contribution >= 4 is 28.6 Å². The predicted molar refractivity (Wildman–Crippen MR) is 65.3 cm³/mol. The van der Waals surface area contributed by atoms with Crippen LogP contribution in [0.15, 0.2) is 18.3 Å². The van der Waals surface area contributed by atoms with Crippen LogP contribution in [-0.2, 0) is 6.54 Å². The maximum Gasteiger partial charge on any atom is 0.125 e. The van der Waals surface area contributed by atoms with Crippen molar-refractivity contribution in [2.45, 2.75) is 19.9 Å². The van der Waals surface area contributed by atoms with E-state index >= 15 is 0 Å². The lowest BCUT2D eigenvalue weighted by Gasteiger charge is -1.94. The number of thiophene rings is 1. The van der Waals surface area contributed by atoms with Crippen molar-refractivity contribution in [3.8, 4) is 10.6 Å². The number of anilines is 1. The Hall–Kier alpha value is -1.00. The van der Waals surface area contributed by atoms with Crippen LogP contribution in [-0.4, -0.2) is 9.78 Å². The van der Waals surface area contributed by atoms with E-state index in [9.17, 15) is 0 Å². The first kappa shape index (κ1) is 10.5. The Morgan fingerprint density at radius 3 is 2.93 bits per heavy atom. The van der Waals surface area contributed by atoms with Gasteiger partial charge in [0.05, 0.1) is 14.9 Å². The van der Waals surface area contributed by atoms with Gasteiger partial charge in [-0.25, -0.2) is 0 Å². The normalized spacial score (nSPS) is 10.8. The first-order chi connectivity index (χ1) is 7.20. The second-order valence-corrected chi connectivity index (χ2v) is 5.01. The summed E-state index contributed by atoms with van der Waals surface area (Å²) in [5.41, 5.74) is 7.44.